The molecule has 0 N–H and O–H groups in total. The van der Waals surface area contributed by atoms with E-state index in [0.29, 0.717) is 0 Å². The van der Waals surface area contributed by atoms with E-state index in [1.807, 2.05) is 0 Å². The fraction of sp³-hybridized carbons (Fsp3) is 1.00. The second-order valence-corrected chi connectivity index (χ2v) is 5.10. The van der Waals surface area contributed by atoms with Gasteiger partial charge in [0.25, 0.3) is 0 Å². The molecule has 0 aliphatic carbocycles. The summed E-state index contributed by atoms with van der Waals surface area (Å²) in [6.45, 7) is 7.38. The van der Waals surface area contributed by atoms with Crippen LogP contribution >= 0.6 is 0 Å². The fourth-order valence-electron chi connectivity index (χ4n) is 1.95. The van der Waals surface area contributed by atoms with E-state index in [2.05, 4.69) is 27.8 Å². The Labute approximate surface area is 111 Å². The quantitative estimate of drug-likeness (QED) is 0.516. The largest absolute Gasteiger partial charge is 0.379 e. The molecule has 0 fully saturated rings. The van der Waals surface area contributed by atoms with Gasteiger partial charge in [0.05, 0.1) is 26.7 Å². The lowest BCUT2D eigenvalue weighted by Crippen LogP contribution is -2.46. The molecule has 0 unspecified atom stereocenters. The van der Waals surface area contributed by atoms with Crippen LogP contribution < -0.4 is 0 Å². The third-order valence-corrected chi connectivity index (χ3v) is 3.15. The van der Waals surface area contributed by atoms with Crippen LogP contribution in [-0.2, 0) is 0 Å². The number of quaternary nitrogens is 1. The Balaban J connectivity index is 0. The van der Waals surface area contributed by atoms with E-state index in [0.717, 1.165) is 0 Å². The van der Waals surface area contributed by atoms with Crippen molar-refractivity contribution in [1.29, 1.82) is 0 Å². The molecule has 0 heterocycles. The number of hydrogen-bond donors (Lipinski definition) is 0. The van der Waals surface area contributed by atoms with Gasteiger partial charge in [0, 0.05) is 0 Å². The van der Waals surface area contributed by atoms with Gasteiger partial charge in [-0.05, 0) is 19.3 Å². The van der Waals surface area contributed by atoms with E-state index in [1.165, 1.54) is 62.6 Å². The lowest BCUT2D eigenvalue weighted by molar-refractivity contribution is -0.910. The molecule has 0 aromatic carbocycles. The molecule has 0 amide bonds. The molecule has 0 aliphatic heterocycles. The van der Waals surface area contributed by atoms with Crippen LogP contribution in [0.5, 0.6) is 0 Å². The maximum atomic E-state index is 9.67. The van der Waals surface area contributed by atoms with Crippen molar-refractivity contribution in [3.05, 3.63) is 0 Å². The summed E-state index contributed by atoms with van der Waals surface area (Å²) in [5.41, 5.74) is 0. The van der Waals surface area contributed by atoms with E-state index in [9.17, 15) is 13.2 Å². The monoisotopic (exact) mass is 270 g/mol. The summed E-state index contributed by atoms with van der Waals surface area (Å²) >= 11 is 0. The van der Waals surface area contributed by atoms with Gasteiger partial charge >= 0.3 is 6.68 Å². The molecular formula is C14H31F3N+. The second-order valence-electron chi connectivity index (χ2n) is 5.10. The molecule has 0 atom stereocenters. The van der Waals surface area contributed by atoms with Crippen molar-refractivity contribution in [2.24, 2.45) is 0 Å². The van der Waals surface area contributed by atoms with Crippen molar-refractivity contribution in [2.75, 3.05) is 26.7 Å². The Morgan fingerprint density at radius 1 is 0.722 bits per heavy atom. The number of alkyl halides is 3. The summed E-state index contributed by atoms with van der Waals surface area (Å²) in [7, 11) is 2.45. The summed E-state index contributed by atoms with van der Waals surface area (Å²) < 4.78 is 30.3. The van der Waals surface area contributed by atoms with Gasteiger partial charge in [-0.2, -0.15) is 13.2 Å². The molecule has 0 saturated carbocycles. The van der Waals surface area contributed by atoms with Crippen LogP contribution in [0, 0.1) is 0 Å². The summed E-state index contributed by atoms with van der Waals surface area (Å²) in [4.78, 5) is 0. The molecule has 0 spiro atoms. The Morgan fingerprint density at radius 3 is 1.11 bits per heavy atom. The van der Waals surface area contributed by atoms with E-state index in [4.69, 9.17) is 0 Å². The third-order valence-electron chi connectivity index (χ3n) is 3.15. The molecular weight excluding hydrogens is 239 g/mol. The maximum Gasteiger partial charge on any atom is 0.379 e. The van der Waals surface area contributed by atoms with Crippen molar-refractivity contribution in [3.8, 4) is 0 Å². The van der Waals surface area contributed by atoms with Crippen LogP contribution in [0.25, 0.3) is 0 Å². The number of unbranched alkanes of at least 4 members (excludes halogenated alkanes) is 3. The van der Waals surface area contributed by atoms with Crippen LogP contribution in [0.15, 0.2) is 0 Å². The lowest BCUT2D eigenvalue weighted by atomic mass is 10.2. The van der Waals surface area contributed by atoms with Crippen molar-refractivity contribution < 1.29 is 17.7 Å². The van der Waals surface area contributed by atoms with Crippen LogP contribution in [0.1, 0.15) is 59.3 Å². The Hall–Kier alpha value is -0.250. The predicted octanol–water partition coefficient (Wildman–Crippen LogP) is 5.01. The van der Waals surface area contributed by atoms with Crippen LogP contribution in [0.4, 0.5) is 13.2 Å². The molecule has 18 heavy (non-hydrogen) atoms. The zero-order valence-corrected chi connectivity index (χ0v) is 12.5. The van der Waals surface area contributed by atoms with Crippen LogP contribution in [-0.4, -0.2) is 37.8 Å². The minimum atomic E-state index is -3.67. The van der Waals surface area contributed by atoms with Gasteiger partial charge < -0.3 is 4.48 Å². The predicted molar refractivity (Wildman–Crippen MR) is 72.6 cm³/mol. The van der Waals surface area contributed by atoms with Crippen LogP contribution in [0.2, 0.25) is 0 Å². The maximum absolute atomic E-state index is 9.67. The first kappa shape index (κ1) is 20.1. The highest BCUT2D eigenvalue weighted by atomic mass is 19.4. The first-order valence-corrected chi connectivity index (χ1v) is 7.17. The Bertz CT molecular complexity index is 139. The third kappa shape index (κ3) is 15.8. The molecule has 0 rings (SSSR count). The summed E-state index contributed by atoms with van der Waals surface area (Å²) in [5.74, 6) is 0. The Morgan fingerprint density at radius 2 is 0.944 bits per heavy atom. The second kappa shape index (κ2) is 13.2. The standard InChI is InChI=1S/C13H30N.CHF3/c1-5-8-11-14(4,12-9-6-2)13-10-7-3;2-1(3)4/h5-13H2,1-4H3;1H/q+1;. The van der Waals surface area contributed by atoms with E-state index >= 15 is 0 Å². The lowest BCUT2D eigenvalue weighted by Gasteiger charge is -2.34. The fourth-order valence-corrected chi connectivity index (χ4v) is 1.95. The van der Waals surface area contributed by atoms with Gasteiger partial charge in [0.15, 0.2) is 0 Å². The number of nitrogens with zero attached hydrogens (tertiary/aromatic N) is 1. The van der Waals surface area contributed by atoms with Gasteiger partial charge in [-0.25, -0.2) is 0 Å². The van der Waals surface area contributed by atoms with E-state index in [-0.39, 0.29) is 0 Å². The summed E-state index contributed by atoms with van der Waals surface area (Å²) in [5, 5.41) is 0. The van der Waals surface area contributed by atoms with Gasteiger partial charge in [-0.3, -0.25) is 0 Å². The zero-order valence-electron chi connectivity index (χ0n) is 12.5. The average molecular weight is 270 g/mol. The van der Waals surface area contributed by atoms with Gasteiger partial charge in [-0.15, -0.1) is 0 Å². The van der Waals surface area contributed by atoms with E-state index in [1.54, 1.807) is 0 Å². The SMILES string of the molecule is CCCC[N+](C)(CCCC)CCCC.FC(F)F. The zero-order chi connectivity index (χ0) is 14.4. The summed E-state index contributed by atoms with van der Waals surface area (Å²) in [6, 6.07) is 0. The smallest absolute Gasteiger partial charge is 0.326 e. The van der Waals surface area contributed by atoms with E-state index < -0.39 is 6.68 Å². The molecule has 0 aromatic heterocycles. The van der Waals surface area contributed by atoms with Crippen molar-refractivity contribution in [2.45, 2.75) is 66.0 Å². The highest BCUT2D eigenvalue weighted by Gasteiger charge is 2.18. The minimum Gasteiger partial charge on any atom is -0.326 e. The van der Waals surface area contributed by atoms with Crippen molar-refractivity contribution in [3.63, 3.8) is 0 Å². The van der Waals surface area contributed by atoms with Crippen molar-refractivity contribution >= 4 is 0 Å². The highest BCUT2D eigenvalue weighted by molar-refractivity contribution is 4.43. The van der Waals surface area contributed by atoms with Gasteiger partial charge in [-0.1, -0.05) is 40.0 Å². The normalized spacial score (nSPS) is 11.3. The van der Waals surface area contributed by atoms with Gasteiger partial charge in [0.2, 0.25) is 0 Å². The molecule has 4 heteroatoms. The molecule has 0 bridgehead atoms. The van der Waals surface area contributed by atoms with Gasteiger partial charge in [0.1, 0.15) is 0 Å². The molecule has 0 radical (unpaired) electrons. The first-order valence-electron chi connectivity index (χ1n) is 7.17. The number of halogens is 3. The molecule has 0 aromatic rings. The minimum absolute atomic E-state index is 1.32. The van der Waals surface area contributed by atoms with Crippen molar-refractivity contribution in [1.82, 2.24) is 0 Å². The highest BCUT2D eigenvalue weighted by Crippen LogP contribution is 2.10. The summed E-state index contributed by atoms with van der Waals surface area (Å²) in [6.07, 6.45) is 8.20. The molecule has 0 aliphatic rings. The number of hydrogen-bond acceptors (Lipinski definition) is 0. The number of rotatable bonds is 9. The van der Waals surface area contributed by atoms with Crippen LogP contribution in [0.3, 0.4) is 0 Å². The topological polar surface area (TPSA) is 0 Å². The molecule has 0 saturated heterocycles. The Kier molecular flexibility index (Phi) is 14.7. The average Bonchev–Trinajstić information content (AvgIpc) is 2.31. The molecule has 1 nitrogen and oxygen atoms in total. The molecule has 112 valence electrons. The first-order chi connectivity index (χ1) is 8.41.